The number of phenols is 1. The number of phenolic OH excluding ortho intramolecular Hbond substituents is 1. The van der Waals surface area contributed by atoms with Crippen molar-refractivity contribution in [3.05, 3.63) is 65.7 Å². The van der Waals surface area contributed by atoms with E-state index in [2.05, 4.69) is 11.9 Å². The first-order valence-corrected chi connectivity index (χ1v) is 9.59. The highest BCUT2D eigenvalue weighted by atomic mass is 16.5. The summed E-state index contributed by atoms with van der Waals surface area (Å²) in [5, 5.41) is 9.58. The van der Waals surface area contributed by atoms with Crippen LogP contribution < -0.4 is 0 Å². The van der Waals surface area contributed by atoms with Crippen molar-refractivity contribution in [2.24, 2.45) is 0 Å². The summed E-state index contributed by atoms with van der Waals surface area (Å²) in [6, 6.07) is 17.5. The lowest BCUT2D eigenvalue weighted by Crippen LogP contribution is -2.43. The van der Waals surface area contributed by atoms with Crippen molar-refractivity contribution in [3.8, 4) is 5.75 Å². The molecule has 27 heavy (non-hydrogen) atoms. The molecule has 2 heterocycles. The number of rotatable bonds is 4. The zero-order valence-electron chi connectivity index (χ0n) is 15.5. The molecule has 0 aromatic heterocycles. The minimum absolute atomic E-state index is 0.0255. The standard InChI is InChI=1S/C23H25NO3/c1-24-18-9-10-19(24)15-21(14-18)27-23(26)22(13-16-5-3-2-4-6-16)17-7-11-20(25)12-8-17/h2-8,11-13,18-19,21,25H,9-10,14-15H2,1H3/b22-13+. The van der Waals surface area contributed by atoms with Crippen LogP contribution in [-0.4, -0.2) is 41.2 Å². The number of benzene rings is 2. The van der Waals surface area contributed by atoms with Crippen LogP contribution in [0.3, 0.4) is 0 Å². The fourth-order valence-corrected chi connectivity index (χ4v) is 4.29. The summed E-state index contributed by atoms with van der Waals surface area (Å²) < 4.78 is 5.94. The summed E-state index contributed by atoms with van der Waals surface area (Å²) in [4.78, 5) is 15.5. The SMILES string of the molecule is CN1C2CCC1CC(OC(=O)/C(=C/c1ccccc1)c1ccc(O)cc1)C2. The van der Waals surface area contributed by atoms with Crippen LogP contribution >= 0.6 is 0 Å². The number of esters is 1. The van der Waals surface area contributed by atoms with Gasteiger partial charge >= 0.3 is 5.97 Å². The maximum Gasteiger partial charge on any atom is 0.339 e. The number of fused-ring (bicyclic) bond motifs is 2. The van der Waals surface area contributed by atoms with Crippen LogP contribution in [0.1, 0.15) is 36.8 Å². The van der Waals surface area contributed by atoms with E-state index in [1.165, 1.54) is 12.8 Å². The Morgan fingerprint density at radius 2 is 1.67 bits per heavy atom. The number of aromatic hydroxyl groups is 1. The van der Waals surface area contributed by atoms with Gasteiger partial charge in [-0.15, -0.1) is 0 Å². The summed E-state index contributed by atoms with van der Waals surface area (Å²) in [5.74, 6) is -0.114. The zero-order valence-corrected chi connectivity index (χ0v) is 15.5. The van der Waals surface area contributed by atoms with Gasteiger partial charge in [0.25, 0.3) is 0 Å². The van der Waals surface area contributed by atoms with E-state index in [4.69, 9.17) is 4.74 Å². The molecular formula is C23H25NO3. The van der Waals surface area contributed by atoms with E-state index < -0.39 is 0 Å². The predicted octanol–water partition coefficient (Wildman–Crippen LogP) is 4.10. The van der Waals surface area contributed by atoms with Crippen LogP contribution in [0.4, 0.5) is 0 Å². The molecule has 0 spiro atoms. The molecule has 4 rings (SSSR count). The number of nitrogens with zero attached hydrogens (tertiary/aromatic N) is 1. The summed E-state index contributed by atoms with van der Waals surface area (Å²) in [5.41, 5.74) is 2.21. The first-order chi connectivity index (χ1) is 13.1. The van der Waals surface area contributed by atoms with Crippen LogP contribution in [0.15, 0.2) is 54.6 Å². The molecule has 0 amide bonds. The second-order valence-corrected chi connectivity index (χ2v) is 7.56. The van der Waals surface area contributed by atoms with E-state index in [0.29, 0.717) is 17.7 Å². The fourth-order valence-electron chi connectivity index (χ4n) is 4.29. The van der Waals surface area contributed by atoms with Gasteiger partial charge in [0.1, 0.15) is 11.9 Å². The lowest BCUT2D eigenvalue weighted by molar-refractivity contribution is -0.144. The van der Waals surface area contributed by atoms with Gasteiger partial charge < -0.3 is 14.7 Å². The molecule has 2 atom stereocenters. The summed E-state index contributed by atoms with van der Waals surface area (Å²) in [7, 11) is 2.18. The van der Waals surface area contributed by atoms with Crippen LogP contribution in [0.2, 0.25) is 0 Å². The Kier molecular flexibility index (Phi) is 4.99. The third-order valence-electron chi connectivity index (χ3n) is 5.84. The van der Waals surface area contributed by atoms with Gasteiger partial charge in [0.05, 0.1) is 5.57 Å². The van der Waals surface area contributed by atoms with Crippen LogP contribution in [-0.2, 0) is 9.53 Å². The second kappa shape index (κ2) is 7.57. The molecule has 2 saturated heterocycles. The predicted molar refractivity (Wildman–Crippen MR) is 106 cm³/mol. The second-order valence-electron chi connectivity index (χ2n) is 7.56. The van der Waals surface area contributed by atoms with Crippen molar-refractivity contribution in [2.75, 3.05) is 7.05 Å². The van der Waals surface area contributed by atoms with Crippen molar-refractivity contribution in [3.63, 3.8) is 0 Å². The Bertz CT molecular complexity index is 814. The van der Waals surface area contributed by atoms with Crippen LogP contribution in [0.5, 0.6) is 5.75 Å². The van der Waals surface area contributed by atoms with Crippen molar-refractivity contribution < 1.29 is 14.6 Å². The van der Waals surface area contributed by atoms with Crippen LogP contribution in [0.25, 0.3) is 11.6 Å². The molecule has 2 aromatic carbocycles. The van der Waals surface area contributed by atoms with Gasteiger partial charge in [-0.1, -0.05) is 42.5 Å². The maximum absolute atomic E-state index is 13.0. The zero-order chi connectivity index (χ0) is 18.8. The molecule has 1 N–H and O–H groups in total. The first-order valence-electron chi connectivity index (χ1n) is 9.59. The summed E-state index contributed by atoms with van der Waals surface area (Å²) in [6.45, 7) is 0. The Balaban J connectivity index is 1.57. The topological polar surface area (TPSA) is 49.8 Å². The molecule has 2 aliphatic rings. The van der Waals surface area contributed by atoms with Crippen molar-refractivity contribution in [1.82, 2.24) is 4.90 Å². The Hall–Kier alpha value is -2.59. The Morgan fingerprint density at radius 3 is 2.30 bits per heavy atom. The number of carbonyl (C=O) groups is 1. The molecule has 4 nitrogen and oxygen atoms in total. The lowest BCUT2D eigenvalue weighted by Gasteiger charge is -2.35. The minimum Gasteiger partial charge on any atom is -0.508 e. The maximum atomic E-state index is 13.0. The van der Waals surface area contributed by atoms with Gasteiger partial charge in [-0.3, -0.25) is 0 Å². The third kappa shape index (κ3) is 3.91. The van der Waals surface area contributed by atoms with E-state index in [1.807, 2.05) is 36.4 Å². The normalized spacial score (nSPS) is 25.4. The van der Waals surface area contributed by atoms with Gasteiger partial charge in [-0.05, 0) is 49.2 Å². The quantitative estimate of drug-likeness (QED) is 0.505. The molecule has 2 bridgehead atoms. The highest BCUT2D eigenvalue weighted by molar-refractivity contribution is 6.21. The molecule has 140 valence electrons. The monoisotopic (exact) mass is 363 g/mol. The van der Waals surface area contributed by atoms with E-state index in [1.54, 1.807) is 24.3 Å². The Labute approximate surface area is 160 Å². The van der Waals surface area contributed by atoms with Gasteiger partial charge in [0.2, 0.25) is 0 Å². The molecule has 2 aromatic rings. The smallest absolute Gasteiger partial charge is 0.339 e. The highest BCUT2D eigenvalue weighted by Crippen LogP contribution is 2.36. The van der Waals surface area contributed by atoms with Crippen LogP contribution in [0, 0.1) is 0 Å². The van der Waals surface area contributed by atoms with Crippen molar-refractivity contribution in [1.29, 1.82) is 0 Å². The Morgan fingerprint density at radius 1 is 1.04 bits per heavy atom. The summed E-state index contributed by atoms with van der Waals surface area (Å²) >= 11 is 0. The molecule has 2 fully saturated rings. The molecule has 2 aliphatic heterocycles. The van der Waals surface area contributed by atoms with Gasteiger partial charge in [-0.25, -0.2) is 4.79 Å². The average molecular weight is 363 g/mol. The van der Waals surface area contributed by atoms with E-state index in [9.17, 15) is 9.90 Å². The van der Waals surface area contributed by atoms with Gasteiger partial charge in [-0.2, -0.15) is 0 Å². The third-order valence-corrected chi connectivity index (χ3v) is 5.84. The van der Waals surface area contributed by atoms with Crippen molar-refractivity contribution in [2.45, 2.75) is 43.9 Å². The first kappa shape index (κ1) is 17.8. The molecule has 4 heteroatoms. The molecule has 0 radical (unpaired) electrons. The average Bonchev–Trinajstić information content (AvgIpc) is 2.89. The number of piperidine rings is 1. The minimum atomic E-state index is -0.293. The molecular weight excluding hydrogens is 338 g/mol. The molecule has 0 aliphatic carbocycles. The number of hydrogen-bond donors (Lipinski definition) is 1. The summed E-state index contributed by atoms with van der Waals surface area (Å²) in [6.07, 6.45) is 6.04. The van der Waals surface area contributed by atoms with E-state index in [-0.39, 0.29) is 17.8 Å². The van der Waals surface area contributed by atoms with Gasteiger partial charge in [0.15, 0.2) is 0 Å². The largest absolute Gasteiger partial charge is 0.508 e. The molecule has 2 unspecified atom stereocenters. The van der Waals surface area contributed by atoms with E-state index >= 15 is 0 Å². The van der Waals surface area contributed by atoms with Crippen molar-refractivity contribution >= 4 is 17.6 Å². The molecule has 0 saturated carbocycles. The fraction of sp³-hybridized carbons (Fsp3) is 0.348. The highest BCUT2D eigenvalue weighted by Gasteiger charge is 2.40. The van der Waals surface area contributed by atoms with E-state index in [0.717, 1.165) is 24.0 Å². The number of hydrogen-bond acceptors (Lipinski definition) is 4. The number of ether oxygens (including phenoxy) is 1. The number of carbonyl (C=O) groups excluding carboxylic acids is 1. The van der Waals surface area contributed by atoms with Gasteiger partial charge in [0, 0.05) is 24.9 Å². The lowest BCUT2D eigenvalue weighted by atomic mass is 9.99.